The highest BCUT2D eigenvalue weighted by molar-refractivity contribution is 6.04. The van der Waals surface area contributed by atoms with Crippen LogP contribution in [0.25, 0.3) is 0 Å². The maximum atomic E-state index is 12.5. The highest BCUT2D eigenvalue weighted by Gasteiger charge is 2.60. The molecule has 120 valence electrons. The zero-order valence-electron chi connectivity index (χ0n) is 13.0. The van der Waals surface area contributed by atoms with Gasteiger partial charge in [0.25, 0.3) is 0 Å². The highest BCUT2D eigenvalue weighted by Crippen LogP contribution is 2.53. The van der Waals surface area contributed by atoms with Gasteiger partial charge in [0.2, 0.25) is 5.91 Å². The van der Waals surface area contributed by atoms with Gasteiger partial charge >= 0.3 is 11.9 Å². The van der Waals surface area contributed by atoms with Crippen LogP contribution in [0.15, 0.2) is 11.1 Å². The van der Waals surface area contributed by atoms with E-state index in [1.54, 1.807) is 0 Å². The van der Waals surface area contributed by atoms with Gasteiger partial charge in [0.05, 0.1) is 30.9 Å². The monoisotopic (exact) mass is 307 g/mol. The Kier molecular flexibility index (Phi) is 3.70. The molecule has 2 aliphatic heterocycles. The van der Waals surface area contributed by atoms with Crippen LogP contribution < -0.4 is 0 Å². The largest absolute Gasteiger partial charge is 0.466 e. The molecule has 22 heavy (non-hydrogen) atoms. The molecule has 6 nitrogen and oxygen atoms in total. The summed E-state index contributed by atoms with van der Waals surface area (Å²) in [6.07, 6.45) is 4.41. The maximum absolute atomic E-state index is 12.5. The van der Waals surface area contributed by atoms with Crippen LogP contribution in [0.5, 0.6) is 0 Å². The smallest absolute Gasteiger partial charge is 0.336 e. The molecule has 1 saturated carbocycles. The van der Waals surface area contributed by atoms with Gasteiger partial charge in [0.15, 0.2) is 0 Å². The van der Waals surface area contributed by atoms with Gasteiger partial charge in [-0.2, -0.15) is 0 Å². The van der Waals surface area contributed by atoms with Gasteiger partial charge in [0, 0.05) is 13.0 Å². The van der Waals surface area contributed by atoms with Crippen LogP contribution in [-0.4, -0.2) is 49.0 Å². The van der Waals surface area contributed by atoms with Crippen LogP contribution in [-0.2, 0) is 23.9 Å². The normalized spacial score (nSPS) is 30.7. The molecule has 0 N–H and O–H groups in total. The Labute approximate surface area is 129 Å². The van der Waals surface area contributed by atoms with Crippen LogP contribution in [0.4, 0.5) is 0 Å². The second-order valence-corrected chi connectivity index (χ2v) is 6.20. The van der Waals surface area contributed by atoms with Crippen molar-refractivity contribution in [1.82, 2.24) is 4.90 Å². The first-order valence-corrected chi connectivity index (χ1v) is 7.77. The Balaban J connectivity index is 2.20. The Morgan fingerprint density at radius 2 is 1.91 bits per heavy atom. The van der Waals surface area contributed by atoms with Crippen LogP contribution in [0.3, 0.4) is 0 Å². The van der Waals surface area contributed by atoms with Gasteiger partial charge in [-0.3, -0.25) is 4.79 Å². The van der Waals surface area contributed by atoms with Crippen molar-refractivity contribution in [1.29, 1.82) is 0 Å². The molecule has 6 heteroatoms. The topological polar surface area (TPSA) is 72.9 Å². The second kappa shape index (κ2) is 5.41. The molecule has 0 aromatic carbocycles. The minimum absolute atomic E-state index is 0.0808. The van der Waals surface area contributed by atoms with Gasteiger partial charge < -0.3 is 14.4 Å². The average molecular weight is 307 g/mol. The molecule has 1 amide bonds. The first-order valence-electron chi connectivity index (χ1n) is 7.77. The van der Waals surface area contributed by atoms with E-state index < -0.39 is 17.5 Å². The van der Waals surface area contributed by atoms with Crippen molar-refractivity contribution < 1.29 is 23.9 Å². The maximum Gasteiger partial charge on any atom is 0.336 e. The van der Waals surface area contributed by atoms with Gasteiger partial charge in [-0.15, -0.1) is 0 Å². The van der Waals surface area contributed by atoms with Crippen LogP contribution in [0.1, 0.15) is 38.5 Å². The molecular weight excluding hydrogens is 286 g/mol. The minimum atomic E-state index is -0.662. The number of methoxy groups -OCH3 is 2. The van der Waals surface area contributed by atoms with E-state index in [1.807, 2.05) is 4.90 Å². The molecule has 0 aromatic heterocycles. The van der Waals surface area contributed by atoms with E-state index in [2.05, 4.69) is 0 Å². The molecule has 1 spiro atoms. The van der Waals surface area contributed by atoms with Crippen molar-refractivity contribution >= 4 is 17.8 Å². The van der Waals surface area contributed by atoms with Crippen LogP contribution >= 0.6 is 0 Å². The molecule has 2 fully saturated rings. The standard InChI is InChI=1S/C16H21NO5/c1-21-14(19)11-6-8-17-12(18)9-10-5-3-4-7-16(10,17)13(11)15(20)22-2/h10H,3-9H2,1-2H3/t10-,16-/m0/s1. The predicted molar refractivity (Wildman–Crippen MR) is 76.7 cm³/mol. The number of hydrogen-bond acceptors (Lipinski definition) is 5. The lowest BCUT2D eigenvalue weighted by molar-refractivity contribution is -0.143. The number of carbonyl (C=O) groups is 3. The van der Waals surface area contributed by atoms with Crippen molar-refractivity contribution in [3.05, 3.63) is 11.1 Å². The van der Waals surface area contributed by atoms with E-state index in [0.29, 0.717) is 37.0 Å². The average Bonchev–Trinajstić information content (AvgIpc) is 2.84. The number of nitrogens with zero attached hydrogens (tertiary/aromatic N) is 1. The molecule has 0 bridgehead atoms. The molecule has 3 rings (SSSR count). The predicted octanol–water partition coefficient (Wildman–Crippen LogP) is 1.19. The van der Waals surface area contributed by atoms with Crippen LogP contribution in [0, 0.1) is 5.92 Å². The second-order valence-electron chi connectivity index (χ2n) is 6.20. The van der Waals surface area contributed by atoms with Crippen molar-refractivity contribution in [2.75, 3.05) is 20.8 Å². The Morgan fingerprint density at radius 3 is 2.59 bits per heavy atom. The minimum Gasteiger partial charge on any atom is -0.466 e. The first kappa shape index (κ1) is 15.1. The number of esters is 2. The number of amides is 1. The fraction of sp³-hybridized carbons (Fsp3) is 0.688. The third-order valence-electron chi connectivity index (χ3n) is 5.38. The van der Waals surface area contributed by atoms with Crippen LogP contribution in [0.2, 0.25) is 0 Å². The van der Waals surface area contributed by atoms with Gasteiger partial charge in [0.1, 0.15) is 0 Å². The van der Waals surface area contributed by atoms with E-state index in [9.17, 15) is 14.4 Å². The summed E-state index contributed by atoms with van der Waals surface area (Å²) in [6, 6.07) is 0. The van der Waals surface area contributed by atoms with Gasteiger partial charge in [-0.1, -0.05) is 12.8 Å². The Hall–Kier alpha value is -1.85. The molecule has 3 aliphatic rings. The third-order valence-corrected chi connectivity index (χ3v) is 5.38. The van der Waals surface area contributed by atoms with Gasteiger partial charge in [-0.05, 0) is 25.2 Å². The Bertz CT molecular complexity index is 567. The summed E-state index contributed by atoms with van der Waals surface area (Å²) >= 11 is 0. The molecule has 2 atom stereocenters. The highest BCUT2D eigenvalue weighted by atomic mass is 16.5. The summed E-state index contributed by atoms with van der Waals surface area (Å²) in [5, 5.41) is 0. The zero-order chi connectivity index (χ0) is 15.9. The summed E-state index contributed by atoms with van der Waals surface area (Å²) in [5.74, 6) is -0.829. The van der Waals surface area contributed by atoms with Crippen molar-refractivity contribution in [3.8, 4) is 0 Å². The zero-order valence-corrected chi connectivity index (χ0v) is 13.0. The van der Waals surface area contributed by atoms with Crippen molar-refractivity contribution in [2.45, 2.75) is 44.1 Å². The van der Waals surface area contributed by atoms with E-state index in [-0.39, 0.29) is 11.8 Å². The summed E-state index contributed by atoms with van der Waals surface area (Å²) in [6.45, 7) is 0.472. The molecule has 1 aliphatic carbocycles. The Morgan fingerprint density at radius 1 is 1.18 bits per heavy atom. The lowest BCUT2D eigenvalue weighted by atomic mass is 9.66. The SMILES string of the molecule is COC(=O)C1=C(C(=O)OC)[C@]23CCCC[C@H]2CC(=O)N3CC1. The lowest BCUT2D eigenvalue weighted by Crippen LogP contribution is -2.57. The molecule has 0 radical (unpaired) electrons. The van der Waals surface area contributed by atoms with E-state index in [1.165, 1.54) is 14.2 Å². The quantitative estimate of drug-likeness (QED) is 0.717. The summed E-state index contributed by atoms with van der Waals surface area (Å²) in [7, 11) is 2.63. The molecule has 1 saturated heterocycles. The summed E-state index contributed by atoms with van der Waals surface area (Å²) in [5.41, 5.74) is 0.0837. The molecule has 0 unspecified atom stereocenters. The third kappa shape index (κ3) is 1.89. The number of hydrogen-bond donors (Lipinski definition) is 0. The van der Waals surface area contributed by atoms with Gasteiger partial charge in [-0.25, -0.2) is 9.59 Å². The van der Waals surface area contributed by atoms with E-state index in [0.717, 1.165) is 19.3 Å². The molecule has 0 aromatic rings. The number of rotatable bonds is 2. The number of ether oxygens (including phenoxy) is 2. The molecule has 2 heterocycles. The number of carbonyl (C=O) groups excluding carboxylic acids is 3. The van der Waals surface area contributed by atoms with E-state index in [4.69, 9.17) is 9.47 Å². The van der Waals surface area contributed by atoms with Crippen molar-refractivity contribution in [3.63, 3.8) is 0 Å². The lowest BCUT2D eigenvalue weighted by Gasteiger charge is -2.48. The molecular formula is C16H21NO5. The fourth-order valence-electron chi connectivity index (χ4n) is 4.53. The summed E-state index contributed by atoms with van der Waals surface area (Å²) < 4.78 is 9.82. The summed E-state index contributed by atoms with van der Waals surface area (Å²) in [4.78, 5) is 38.8. The van der Waals surface area contributed by atoms with Crippen molar-refractivity contribution in [2.24, 2.45) is 5.92 Å². The fourth-order valence-corrected chi connectivity index (χ4v) is 4.53. The first-order chi connectivity index (χ1) is 10.6. The van der Waals surface area contributed by atoms with E-state index >= 15 is 0 Å².